The molecule has 0 aliphatic carbocycles. The molecule has 0 saturated carbocycles. The van der Waals surface area contributed by atoms with Crippen LogP contribution in [-0.4, -0.2) is 46.1 Å². The van der Waals surface area contributed by atoms with Crippen LogP contribution < -0.4 is 4.74 Å². The highest BCUT2D eigenvalue weighted by molar-refractivity contribution is 5.76. The lowest BCUT2D eigenvalue weighted by atomic mass is 10.2. The second-order valence-electron chi connectivity index (χ2n) is 6.36. The van der Waals surface area contributed by atoms with E-state index in [1.54, 1.807) is 18.1 Å². The number of nitrogens with zero attached hydrogens (tertiary/aromatic N) is 4. The van der Waals surface area contributed by atoms with Crippen molar-refractivity contribution in [3.8, 4) is 17.1 Å². The maximum atomic E-state index is 12.3. The lowest BCUT2D eigenvalue weighted by molar-refractivity contribution is -0.129. The van der Waals surface area contributed by atoms with Gasteiger partial charge >= 0.3 is 0 Å². The Hall–Kier alpha value is -3.22. The largest absolute Gasteiger partial charge is 0.494 e. The smallest absolute Gasteiger partial charge is 0.227 e. The van der Waals surface area contributed by atoms with E-state index in [0.29, 0.717) is 37.7 Å². The molecule has 7 heteroatoms. The topological polar surface area (TPSA) is 81.4 Å². The number of hydrogen-bond donors (Lipinski definition) is 0. The van der Waals surface area contributed by atoms with Gasteiger partial charge in [-0.2, -0.15) is 4.98 Å². The van der Waals surface area contributed by atoms with Gasteiger partial charge in [0.25, 0.3) is 0 Å². The zero-order valence-corrected chi connectivity index (χ0v) is 16.2. The Balaban J connectivity index is 1.48. The summed E-state index contributed by atoms with van der Waals surface area (Å²) in [5, 5.41) is 4.00. The van der Waals surface area contributed by atoms with Gasteiger partial charge < -0.3 is 14.2 Å². The van der Waals surface area contributed by atoms with E-state index in [4.69, 9.17) is 9.26 Å². The molecule has 2 heterocycles. The van der Waals surface area contributed by atoms with Crippen LogP contribution >= 0.6 is 0 Å². The van der Waals surface area contributed by atoms with Crippen LogP contribution in [0.25, 0.3) is 11.4 Å². The summed E-state index contributed by atoms with van der Waals surface area (Å²) >= 11 is 0. The van der Waals surface area contributed by atoms with Crippen molar-refractivity contribution in [3.05, 3.63) is 60.2 Å². The SMILES string of the molecule is CCOc1ccc(-c2noc(CCC(=O)N(C)CCc3ccccn3)n2)cc1. The number of likely N-dealkylation sites (N-methyl/N-ethyl adjacent to an activating group) is 1. The van der Waals surface area contributed by atoms with Crippen molar-refractivity contribution in [3.63, 3.8) is 0 Å². The Morgan fingerprint density at radius 3 is 2.68 bits per heavy atom. The fraction of sp³-hybridized carbons (Fsp3) is 0.333. The van der Waals surface area contributed by atoms with Gasteiger partial charge in [0.2, 0.25) is 17.6 Å². The minimum absolute atomic E-state index is 0.0387. The Bertz CT molecular complexity index is 878. The predicted octanol–water partition coefficient (Wildman–Crippen LogP) is 3.16. The van der Waals surface area contributed by atoms with Gasteiger partial charge in [0, 0.05) is 50.3 Å². The van der Waals surface area contributed by atoms with Crippen molar-refractivity contribution in [2.24, 2.45) is 0 Å². The van der Waals surface area contributed by atoms with Gasteiger partial charge in [-0.3, -0.25) is 9.78 Å². The molecule has 3 aromatic rings. The van der Waals surface area contributed by atoms with E-state index in [2.05, 4.69) is 15.1 Å². The van der Waals surface area contributed by atoms with E-state index >= 15 is 0 Å². The lowest BCUT2D eigenvalue weighted by Gasteiger charge is -2.16. The fourth-order valence-corrected chi connectivity index (χ4v) is 2.70. The van der Waals surface area contributed by atoms with Crippen LogP contribution in [0.2, 0.25) is 0 Å². The summed E-state index contributed by atoms with van der Waals surface area (Å²) < 4.78 is 10.7. The summed E-state index contributed by atoms with van der Waals surface area (Å²) in [6, 6.07) is 13.3. The van der Waals surface area contributed by atoms with Crippen LogP contribution in [0.5, 0.6) is 5.75 Å². The second kappa shape index (κ2) is 9.64. The molecule has 0 unspecified atom stereocenters. The molecule has 3 rings (SSSR count). The molecule has 0 atom stereocenters. The van der Waals surface area contributed by atoms with Gasteiger partial charge in [0.05, 0.1) is 6.61 Å². The fourth-order valence-electron chi connectivity index (χ4n) is 2.70. The maximum absolute atomic E-state index is 12.3. The van der Waals surface area contributed by atoms with Gasteiger partial charge in [0.1, 0.15) is 5.75 Å². The maximum Gasteiger partial charge on any atom is 0.227 e. The minimum atomic E-state index is 0.0387. The second-order valence-corrected chi connectivity index (χ2v) is 6.36. The van der Waals surface area contributed by atoms with Crippen LogP contribution in [0.4, 0.5) is 0 Å². The van der Waals surface area contributed by atoms with Gasteiger partial charge in [0.15, 0.2) is 0 Å². The first-order valence-corrected chi connectivity index (χ1v) is 9.35. The molecule has 7 nitrogen and oxygen atoms in total. The molecule has 0 N–H and O–H groups in total. The van der Waals surface area contributed by atoms with Crippen LogP contribution in [0.1, 0.15) is 24.9 Å². The molecule has 0 radical (unpaired) electrons. The zero-order valence-electron chi connectivity index (χ0n) is 16.2. The van der Waals surface area contributed by atoms with E-state index in [1.165, 1.54) is 0 Å². The number of aryl methyl sites for hydroxylation is 1. The van der Waals surface area contributed by atoms with Gasteiger partial charge in [-0.25, -0.2) is 0 Å². The first kappa shape index (κ1) is 19.5. The summed E-state index contributed by atoms with van der Waals surface area (Å²) in [5.74, 6) is 1.80. The number of ether oxygens (including phenoxy) is 1. The van der Waals surface area contributed by atoms with Crippen molar-refractivity contribution in [2.75, 3.05) is 20.2 Å². The molecule has 0 spiro atoms. The third-order valence-corrected chi connectivity index (χ3v) is 4.30. The third-order valence-electron chi connectivity index (χ3n) is 4.30. The number of rotatable bonds is 9. The molecule has 28 heavy (non-hydrogen) atoms. The molecule has 1 aromatic carbocycles. The van der Waals surface area contributed by atoms with E-state index in [1.807, 2.05) is 49.4 Å². The lowest BCUT2D eigenvalue weighted by Crippen LogP contribution is -2.29. The molecule has 0 bridgehead atoms. The van der Waals surface area contributed by atoms with Crippen molar-refractivity contribution >= 4 is 5.91 Å². The van der Waals surface area contributed by atoms with Crippen LogP contribution in [0.3, 0.4) is 0 Å². The first-order valence-electron chi connectivity index (χ1n) is 9.35. The average molecular weight is 380 g/mol. The third kappa shape index (κ3) is 5.39. The number of amides is 1. The Kier molecular flexibility index (Phi) is 6.73. The summed E-state index contributed by atoms with van der Waals surface area (Å²) in [5.41, 5.74) is 1.82. The number of benzene rings is 1. The highest BCUT2D eigenvalue weighted by Crippen LogP contribution is 2.20. The Morgan fingerprint density at radius 1 is 1.14 bits per heavy atom. The summed E-state index contributed by atoms with van der Waals surface area (Å²) in [6.45, 7) is 3.18. The number of carbonyl (C=O) groups excluding carboxylic acids is 1. The van der Waals surface area contributed by atoms with Gasteiger partial charge in [-0.05, 0) is 43.3 Å². The zero-order chi connectivity index (χ0) is 19.8. The van der Waals surface area contributed by atoms with Crippen molar-refractivity contribution in [1.29, 1.82) is 0 Å². The average Bonchev–Trinajstić information content (AvgIpc) is 3.21. The molecule has 1 amide bonds. The van der Waals surface area contributed by atoms with Crippen molar-refractivity contribution < 1.29 is 14.1 Å². The Morgan fingerprint density at radius 2 is 1.96 bits per heavy atom. The summed E-state index contributed by atoms with van der Waals surface area (Å²) in [7, 11) is 1.80. The number of aromatic nitrogens is 3. The van der Waals surface area contributed by atoms with Crippen molar-refractivity contribution in [2.45, 2.75) is 26.2 Å². The van der Waals surface area contributed by atoms with Crippen LogP contribution in [0, 0.1) is 0 Å². The van der Waals surface area contributed by atoms with E-state index in [9.17, 15) is 4.79 Å². The van der Waals surface area contributed by atoms with Gasteiger partial charge in [-0.1, -0.05) is 11.2 Å². The molecule has 0 aliphatic rings. The van der Waals surface area contributed by atoms with Gasteiger partial charge in [-0.15, -0.1) is 0 Å². The molecule has 0 saturated heterocycles. The number of carbonyl (C=O) groups is 1. The van der Waals surface area contributed by atoms with E-state index in [0.717, 1.165) is 23.4 Å². The molecule has 0 fully saturated rings. The summed E-state index contributed by atoms with van der Waals surface area (Å²) in [6.07, 6.45) is 3.22. The molecule has 146 valence electrons. The quantitative estimate of drug-likeness (QED) is 0.567. The standard InChI is InChI=1S/C21H24N4O3/c1-3-27-18-9-7-16(8-10-18)21-23-19(28-24-21)11-12-20(26)25(2)15-13-17-6-4-5-14-22-17/h4-10,14H,3,11-13,15H2,1-2H3. The van der Waals surface area contributed by atoms with E-state index < -0.39 is 0 Å². The van der Waals surface area contributed by atoms with Crippen LogP contribution in [0.15, 0.2) is 53.2 Å². The molecule has 2 aromatic heterocycles. The van der Waals surface area contributed by atoms with Crippen LogP contribution in [-0.2, 0) is 17.6 Å². The summed E-state index contributed by atoms with van der Waals surface area (Å²) in [4.78, 5) is 22.7. The number of pyridine rings is 1. The van der Waals surface area contributed by atoms with Crippen molar-refractivity contribution in [1.82, 2.24) is 20.0 Å². The molecule has 0 aliphatic heterocycles. The predicted molar refractivity (Wildman–Crippen MR) is 105 cm³/mol. The molecular weight excluding hydrogens is 356 g/mol. The highest BCUT2D eigenvalue weighted by Gasteiger charge is 2.13. The monoisotopic (exact) mass is 380 g/mol. The first-order chi connectivity index (χ1) is 13.7. The number of hydrogen-bond acceptors (Lipinski definition) is 6. The normalized spacial score (nSPS) is 10.6. The van der Waals surface area contributed by atoms with E-state index in [-0.39, 0.29) is 5.91 Å². The Labute approximate surface area is 164 Å². The molecular formula is C21H24N4O3. The highest BCUT2D eigenvalue weighted by atomic mass is 16.5. The minimum Gasteiger partial charge on any atom is -0.494 e.